The van der Waals surface area contributed by atoms with Gasteiger partial charge in [-0.3, -0.25) is 9.69 Å². The Morgan fingerprint density at radius 1 is 1.41 bits per heavy atom. The fourth-order valence-electron chi connectivity index (χ4n) is 2.56. The lowest BCUT2D eigenvalue weighted by atomic mass is 10.1. The Morgan fingerprint density at radius 3 is 2.88 bits per heavy atom. The lowest BCUT2D eigenvalue weighted by molar-refractivity contribution is -0.139. The summed E-state index contributed by atoms with van der Waals surface area (Å²) in [5.74, 6) is -0.845. The molecule has 0 saturated carbocycles. The van der Waals surface area contributed by atoms with E-state index in [-0.39, 0.29) is 19.2 Å². The molecule has 1 unspecified atom stereocenters. The molecule has 17 heavy (non-hydrogen) atoms. The number of hydrogen-bond acceptors (Lipinski definition) is 3. The highest BCUT2D eigenvalue weighted by molar-refractivity contribution is 5.69. The average Bonchev–Trinajstić information content (AvgIpc) is 2.71. The van der Waals surface area contributed by atoms with Gasteiger partial charge >= 0.3 is 5.97 Å². The van der Waals surface area contributed by atoms with Crippen molar-refractivity contribution in [3.63, 3.8) is 0 Å². The lowest BCUT2D eigenvalue weighted by Gasteiger charge is -2.27. The van der Waals surface area contributed by atoms with Crippen LogP contribution >= 0.6 is 0 Å². The van der Waals surface area contributed by atoms with E-state index in [1.54, 1.807) is 0 Å². The number of aryl methyl sites for hydroxylation is 1. The van der Waals surface area contributed by atoms with Gasteiger partial charge < -0.3 is 10.2 Å². The van der Waals surface area contributed by atoms with Crippen LogP contribution in [0.1, 0.15) is 23.6 Å². The topological polar surface area (TPSA) is 60.8 Å². The summed E-state index contributed by atoms with van der Waals surface area (Å²) in [7, 11) is 0. The van der Waals surface area contributed by atoms with Gasteiger partial charge in [0.15, 0.2) is 0 Å². The number of carboxylic acids is 1. The zero-order chi connectivity index (χ0) is 12.3. The molecular weight excluding hydrogens is 218 g/mol. The summed E-state index contributed by atoms with van der Waals surface area (Å²) in [6.07, 6.45) is 1.93. The fourth-order valence-corrected chi connectivity index (χ4v) is 2.56. The smallest absolute Gasteiger partial charge is 0.317 e. The molecular formula is C13H17NO3. The second-order valence-corrected chi connectivity index (χ2v) is 4.34. The van der Waals surface area contributed by atoms with E-state index in [0.717, 1.165) is 12.8 Å². The third kappa shape index (κ3) is 2.65. The van der Waals surface area contributed by atoms with Crippen LogP contribution in [-0.2, 0) is 11.2 Å². The van der Waals surface area contributed by atoms with E-state index in [1.807, 2.05) is 17.0 Å². The molecule has 0 saturated heterocycles. The number of carbonyl (C=O) groups is 1. The highest BCUT2D eigenvalue weighted by atomic mass is 16.4. The van der Waals surface area contributed by atoms with Crippen LogP contribution in [0.3, 0.4) is 0 Å². The predicted molar refractivity (Wildman–Crippen MR) is 63.8 cm³/mol. The Kier molecular flexibility index (Phi) is 3.76. The van der Waals surface area contributed by atoms with E-state index in [2.05, 4.69) is 12.1 Å². The summed E-state index contributed by atoms with van der Waals surface area (Å²) in [5.41, 5.74) is 2.51. The van der Waals surface area contributed by atoms with Gasteiger partial charge in [-0.2, -0.15) is 0 Å². The van der Waals surface area contributed by atoms with Gasteiger partial charge in [-0.05, 0) is 24.0 Å². The van der Waals surface area contributed by atoms with Gasteiger partial charge in [0.2, 0.25) is 0 Å². The Bertz CT molecular complexity index is 405. The molecule has 1 aromatic carbocycles. The normalized spacial score (nSPS) is 18.4. The SMILES string of the molecule is O=C(O)CN(CCO)C1CCc2ccccc21. The molecule has 0 aliphatic heterocycles. The number of rotatable bonds is 5. The Balaban J connectivity index is 2.18. The number of aliphatic carboxylic acids is 1. The highest BCUT2D eigenvalue weighted by Gasteiger charge is 2.28. The molecule has 1 aliphatic carbocycles. The minimum absolute atomic E-state index is 0.00799. The number of nitrogens with zero attached hydrogens (tertiary/aromatic N) is 1. The van der Waals surface area contributed by atoms with Crippen molar-refractivity contribution in [2.45, 2.75) is 18.9 Å². The van der Waals surface area contributed by atoms with E-state index in [0.29, 0.717) is 6.54 Å². The molecule has 0 bridgehead atoms. The number of aliphatic hydroxyl groups is 1. The minimum atomic E-state index is -0.845. The number of fused-ring (bicyclic) bond motifs is 1. The van der Waals surface area contributed by atoms with Crippen molar-refractivity contribution >= 4 is 5.97 Å². The van der Waals surface area contributed by atoms with Crippen LogP contribution < -0.4 is 0 Å². The summed E-state index contributed by atoms with van der Waals surface area (Å²) < 4.78 is 0. The molecule has 0 radical (unpaired) electrons. The highest BCUT2D eigenvalue weighted by Crippen LogP contribution is 2.35. The summed E-state index contributed by atoms with van der Waals surface area (Å²) in [6, 6.07) is 8.27. The molecule has 2 rings (SSSR count). The first-order chi connectivity index (χ1) is 8.22. The van der Waals surface area contributed by atoms with E-state index < -0.39 is 5.97 Å². The van der Waals surface area contributed by atoms with Crippen molar-refractivity contribution in [1.29, 1.82) is 0 Å². The van der Waals surface area contributed by atoms with Gasteiger partial charge in [-0.1, -0.05) is 24.3 Å². The molecule has 92 valence electrons. The van der Waals surface area contributed by atoms with Crippen LogP contribution in [0, 0.1) is 0 Å². The molecule has 1 aliphatic rings. The van der Waals surface area contributed by atoms with Crippen molar-refractivity contribution in [2.75, 3.05) is 19.7 Å². The molecule has 4 nitrogen and oxygen atoms in total. The van der Waals surface area contributed by atoms with Gasteiger partial charge in [-0.15, -0.1) is 0 Å². The zero-order valence-corrected chi connectivity index (χ0v) is 9.67. The van der Waals surface area contributed by atoms with E-state index in [1.165, 1.54) is 11.1 Å². The van der Waals surface area contributed by atoms with E-state index in [9.17, 15) is 4.79 Å². The number of carboxylic acid groups (broad SMARTS) is 1. The fraction of sp³-hybridized carbons (Fsp3) is 0.462. The predicted octanol–water partition coefficient (Wildman–Crippen LogP) is 1.05. The van der Waals surface area contributed by atoms with Crippen molar-refractivity contribution in [3.8, 4) is 0 Å². The first-order valence-corrected chi connectivity index (χ1v) is 5.87. The van der Waals surface area contributed by atoms with E-state index in [4.69, 9.17) is 10.2 Å². The second kappa shape index (κ2) is 5.29. The van der Waals surface area contributed by atoms with Crippen LogP contribution in [0.25, 0.3) is 0 Å². The summed E-state index contributed by atoms with van der Waals surface area (Å²) in [4.78, 5) is 12.7. The first kappa shape index (κ1) is 12.1. The van der Waals surface area contributed by atoms with Gasteiger partial charge in [-0.25, -0.2) is 0 Å². The molecule has 0 aromatic heterocycles. The number of benzene rings is 1. The van der Waals surface area contributed by atoms with Gasteiger partial charge in [0, 0.05) is 12.6 Å². The van der Waals surface area contributed by atoms with Crippen molar-refractivity contribution in [1.82, 2.24) is 4.90 Å². The van der Waals surface area contributed by atoms with Gasteiger partial charge in [0.25, 0.3) is 0 Å². The number of hydrogen-bond donors (Lipinski definition) is 2. The summed E-state index contributed by atoms with van der Waals surface area (Å²) >= 11 is 0. The maximum atomic E-state index is 10.8. The number of aliphatic hydroxyl groups excluding tert-OH is 1. The van der Waals surface area contributed by atoms with Crippen LogP contribution in [0.2, 0.25) is 0 Å². The first-order valence-electron chi connectivity index (χ1n) is 5.87. The molecule has 0 spiro atoms. The molecule has 0 heterocycles. The van der Waals surface area contributed by atoms with Crippen molar-refractivity contribution in [3.05, 3.63) is 35.4 Å². The van der Waals surface area contributed by atoms with Crippen molar-refractivity contribution < 1.29 is 15.0 Å². The monoisotopic (exact) mass is 235 g/mol. The Labute approximate surface area is 100 Å². The lowest BCUT2D eigenvalue weighted by Crippen LogP contribution is -2.35. The van der Waals surface area contributed by atoms with Gasteiger partial charge in [0.05, 0.1) is 13.2 Å². The average molecular weight is 235 g/mol. The van der Waals surface area contributed by atoms with Gasteiger partial charge in [0.1, 0.15) is 0 Å². The quantitative estimate of drug-likeness (QED) is 0.801. The Morgan fingerprint density at radius 2 is 2.18 bits per heavy atom. The van der Waals surface area contributed by atoms with E-state index >= 15 is 0 Å². The van der Waals surface area contributed by atoms with Crippen LogP contribution in [0.15, 0.2) is 24.3 Å². The Hall–Kier alpha value is -1.39. The standard InChI is InChI=1S/C13H17NO3/c15-8-7-14(9-13(16)17)12-6-5-10-3-1-2-4-11(10)12/h1-4,12,15H,5-9H2,(H,16,17). The summed E-state index contributed by atoms with van der Waals surface area (Å²) in [5, 5.41) is 17.9. The molecule has 2 N–H and O–H groups in total. The van der Waals surface area contributed by atoms with Crippen molar-refractivity contribution in [2.24, 2.45) is 0 Å². The molecule has 1 aromatic rings. The zero-order valence-electron chi connectivity index (χ0n) is 9.67. The maximum absolute atomic E-state index is 10.8. The van der Waals surface area contributed by atoms with Crippen LogP contribution in [0.5, 0.6) is 0 Å². The molecule has 0 amide bonds. The molecule has 1 atom stereocenters. The summed E-state index contributed by atoms with van der Waals surface area (Å²) in [6.45, 7) is 0.386. The van der Waals surface area contributed by atoms with Crippen LogP contribution in [0.4, 0.5) is 0 Å². The third-order valence-electron chi connectivity index (χ3n) is 3.27. The largest absolute Gasteiger partial charge is 0.480 e. The maximum Gasteiger partial charge on any atom is 0.317 e. The second-order valence-electron chi connectivity index (χ2n) is 4.34. The van der Waals surface area contributed by atoms with Crippen LogP contribution in [-0.4, -0.2) is 40.8 Å². The molecule has 0 fully saturated rings. The third-order valence-corrected chi connectivity index (χ3v) is 3.27. The minimum Gasteiger partial charge on any atom is -0.480 e. The molecule has 4 heteroatoms.